The van der Waals surface area contributed by atoms with Crippen molar-refractivity contribution in [3.8, 4) is 0 Å². The van der Waals surface area contributed by atoms with Crippen LogP contribution in [0.25, 0.3) is 0 Å². The summed E-state index contributed by atoms with van der Waals surface area (Å²) >= 11 is 0. The molecule has 1 aliphatic rings. The smallest absolute Gasteiger partial charge is 0.0161 e. The average Bonchev–Trinajstić information content (AvgIpc) is 2.03. The second-order valence-electron chi connectivity index (χ2n) is 5.94. The lowest BCUT2D eigenvalue weighted by atomic mass is 9.74. The van der Waals surface area contributed by atoms with Gasteiger partial charge in [-0.1, -0.05) is 20.3 Å². The van der Waals surface area contributed by atoms with Gasteiger partial charge in [0.1, 0.15) is 0 Å². The summed E-state index contributed by atoms with van der Waals surface area (Å²) in [7, 11) is 0. The third-order valence-electron chi connectivity index (χ3n) is 3.81. The number of likely N-dealkylation sites (tertiary alicyclic amines) is 1. The van der Waals surface area contributed by atoms with E-state index in [4.69, 9.17) is 5.73 Å². The van der Waals surface area contributed by atoms with Gasteiger partial charge in [0.2, 0.25) is 0 Å². The minimum atomic E-state index is -0.0928. The number of nitrogens with two attached hydrogens (primary N) is 1. The minimum absolute atomic E-state index is 0.0928. The standard InChI is InChI=1S/C12H26N2/c1-11(2,12(3,4)13)10-14-8-6-5-7-9-14/h5-10,13H2,1-4H3. The van der Waals surface area contributed by atoms with Gasteiger partial charge in [-0.2, -0.15) is 0 Å². The van der Waals surface area contributed by atoms with Crippen LogP contribution in [0.1, 0.15) is 47.0 Å². The zero-order valence-electron chi connectivity index (χ0n) is 10.3. The summed E-state index contributed by atoms with van der Waals surface area (Å²) in [5, 5.41) is 0. The fourth-order valence-electron chi connectivity index (χ4n) is 1.88. The monoisotopic (exact) mass is 198 g/mol. The van der Waals surface area contributed by atoms with Crippen molar-refractivity contribution in [1.29, 1.82) is 0 Å². The summed E-state index contributed by atoms with van der Waals surface area (Å²) in [4.78, 5) is 2.57. The number of nitrogens with zero attached hydrogens (tertiary/aromatic N) is 1. The summed E-state index contributed by atoms with van der Waals surface area (Å²) in [6, 6.07) is 0. The molecule has 0 saturated carbocycles. The van der Waals surface area contributed by atoms with Crippen molar-refractivity contribution in [3.05, 3.63) is 0 Å². The fourth-order valence-corrected chi connectivity index (χ4v) is 1.88. The normalized spacial score (nSPS) is 21.2. The molecule has 0 aliphatic carbocycles. The van der Waals surface area contributed by atoms with Gasteiger partial charge in [-0.3, -0.25) is 0 Å². The highest BCUT2D eigenvalue weighted by molar-refractivity contribution is 4.92. The van der Waals surface area contributed by atoms with Crippen LogP contribution in [0.2, 0.25) is 0 Å². The lowest BCUT2D eigenvalue weighted by Crippen LogP contribution is -2.53. The zero-order chi connectivity index (χ0) is 10.8. The first-order valence-electron chi connectivity index (χ1n) is 5.84. The molecule has 1 saturated heterocycles. The molecule has 2 nitrogen and oxygen atoms in total. The van der Waals surface area contributed by atoms with E-state index in [0.29, 0.717) is 0 Å². The molecule has 2 N–H and O–H groups in total. The van der Waals surface area contributed by atoms with Crippen LogP contribution in [0.4, 0.5) is 0 Å². The Morgan fingerprint density at radius 3 is 1.93 bits per heavy atom. The summed E-state index contributed by atoms with van der Waals surface area (Å²) in [5.74, 6) is 0. The Morgan fingerprint density at radius 1 is 1.00 bits per heavy atom. The van der Waals surface area contributed by atoms with E-state index in [1.165, 1.54) is 32.4 Å². The van der Waals surface area contributed by atoms with Crippen LogP contribution in [-0.2, 0) is 0 Å². The van der Waals surface area contributed by atoms with E-state index in [9.17, 15) is 0 Å². The van der Waals surface area contributed by atoms with Crippen LogP contribution >= 0.6 is 0 Å². The van der Waals surface area contributed by atoms with Gasteiger partial charge in [0, 0.05) is 12.1 Å². The lowest BCUT2D eigenvalue weighted by Gasteiger charge is -2.43. The Labute approximate surface area is 88.8 Å². The highest BCUT2D eigenvalue weighted by Gasteiger charge is 2.35. The molecule has 0 amide bonds. The first-order valence-corrected chi connectivity index (χ1v) is 5.84. The second kappa shape index (κ2) is 4.19. The third-order valence-corrected chi connectivity index (χ3v) is 3.81. The molecule has 0 unspecified atom stereocenters. The summed E-state index contributed by atoms with van der Waals surface area (Å²) < 4.78 is 0. The largest absolute Gasteiger partial charge is 0.325 e. The molecular weight excluding hydrogens is 172 g/mol. The van der Waals surface area contributed by atoms with Crippen LogP contribution in [-0.4, -0.2) is 30.1 Å². The van der Waals surface area contributed by atoms with Gasteiger partial charge < -0.3 is 10.6 Å². The maximum absolute atomic E-state index is 6.20. The van der Waals surface area contributed by atoms with Crippen molar-refractivity contribution in [2.45, 2.75) is 52.5 Å². The van der Waals surface area contributed by atoms with E-state index in [-0.39, 0.29) is 11.0 Å². The zero-order valence-corrected chi connectivity index (χ0v) is 10.3. The average molecular weight is 198 g/mol. The minimum Gasteiger partial charge on any atom is -0.325 e. The van der Waals surface area contributed by atoms with Gasteiger partial charge >= 0.3 is 0 Å². The predicted octanol–water partition coefficient (Wildman–Crippen LogP) is 2.24. The third kappa shape index (κ3) is 2.96. The summed E-state index contributed by atoms with van der Waals surface area (Å²) in [5.41, 5.74) is 6.31. The number of hydrogen-bond donors (Lipinski definition) is 1. The molecule has 0 spiro atoms. The molecule has 0 aromatic rings. The van der Waals surface area contributed by atoms with Crippen LogP contribution < -0.4 is 5.73 Å². The summed E-state index contributed by atoms with van der Waals surface area (Å²) in [6.45, 7) is 12.5. The highest BCUT2D eigenvalue weighted by Crippen LogP contribution is 2.30. The van der Waals surface area contributed by atoms with Crippen LogP contribution in [0.3, 0.4) is 0 Å². The quantitative estimate of drug-likeness (QED) is 0.753. The molecule has 14 heavy (non-hydrogen) atoms. The predicted molar refractivity (Wildman–Crippen MR) is 62.3 cm³/mol. The van der Waals surface area contributed by atoms with Crippen molar-refractivity contribution >= 4 is 0 Å². The number of hydrogen-bond acceptors (Lipinski definition) is 2. The fraction of sp³-hybridized carbons (Fsp3) is 1.00. The Morgan fingerprint density at radius 2 is 1.50 bits per heavy atom. The molecule has 0 aromatic carbocycles. The molecular formula is C12H26N2. The van der Waals surface area contributed by atoms with Gasteiger partial charge in [-0.15, -0.1) is 0 Å². The highest BCUT2D eigenvalue weighted by atomic mass is 15.1. The molecule has 0 bridgehead atoms. The van der Waals surface area contributed by atoms with Crippen molar-refractivity contribution in [3.63, 3.8) is 0 Å². The molecule has 1 fully saturated rings. The van der Waals surface area contributed by atoms with E-state index in [2.05, 4.69) is 32.6 Å². The van der Waals surface area contributed by atoms with Gasteiger partial charge in [-0.05, 0) is 45.2 Å². The maximum Gasteiger partial charge on any atom is 0.0161 e. The van der Waals surface area contributed by atoms with Gasteiger partial charge in [0.25, 0.3) is 0 Å². The van der Waals surface area contributed by atoms with Crippen molar-refractivity contribution in [2.75, 3.05) is 19.6 Å². The van der Waals surface area contributed by atoms with Gasteiger partial charge in [0.05, 0.1) is 0 Å². The van der Waals surface area contributed by atoms with Crippen molar-refractivity contribution < 1.29 is 0 Å². The first kappa shape index (κ1) is 12.0. The number of piperidine rings is 1. The molecule has 0 atom stereocenters. The first-order chi connectivity index (χ1) is 6.33. The summed E-state index contributed by atoms with van der Waals surface area (Å²) in [6.07, 6.45) is 4.13. The molecule has 2 heteroatoms. The van der Waals surface area contributed by atoms with Crippen LogP contribution in [0.15, 0.2) is 0 Å². The molecule has 84 valence electrons. The molecule has 1 rings (SSSR count). The van der Waals surface area contributed by atoms with E-state index < -0.39 is 0 Å². The molecule has 1 aliphatic heterocycles. The van der Waals surface area contributed by atoms with E-state index in [0.717, 1.165) is 6.54 Å². The van der Waals surface area contributed by atoms with Crippen LogP contribution in [0, 0.1) is 5.41 Å². The Kier molecular flexibility index (Phi) is 3.59. The van der Waals surface area contributed by atoms with E-state index >= 15 is 0 Å². The second-order valence-corrected chi connectivity index (χ2v) is 5.94. The Hall–Kier alpha value is -0.0800. The maximum atomic E-state index is 6.20. The van der Waals surface area contributed by atoms with Crippen molar-refractivity contribution in [1.82, 2.24) is 4.90 Å². The molecule has 0 aromatic heterocycles. The molecule has 1 heterocycles. The van der Waals surface area contributed by atoms with Gasteiger partial charge in [0.15, 0.2) is 0 Å². The Bertz CT molecular complexity index is 173. The van der Waals surface area contributed by atoms with Crippen LogP contribution in [0.5, 0.6) is 0 Å². The number of rotatable bonds is 3. The SMILES string of the molecule is CC(C)(N)C(C)(C)CN1CCCCC1. The van der Waals surface area contributed by atoms with E-state index in [1.54, 1.807) is 0 Å². The molecule has 0 radical (unpaired) electrons. The van der Waals surface area contributed by atoms with Gasteiger partial charge in [-0.25, -0.2) is 0 Å². The Balaban J connectivity index is 2.49. The van der Waals surface area contributed by atoms with E-state index in [1.807, 2.05) is 0 Å². The lowest BCUT2D eigenvalue weighted by molar-refractivity contribution is 0.0995. The topological polar surface area (TPSA) is 29.3 Å². The van der Waals surface area contributed by atoms with Crippen molar-refractivity contribution in [2.24, 2.45) is 11.1 Å².